The molecule has 0 atom stereocenters. The van der Waals surface area contributed by atoms with Gasteiger partial charge in [-0.2, -0.15) is 5.26 Å². The summed E-state index contributed by atoms with van der Waals surface area (Å²) >= 11 is 0. The normalized spacial score (nSPS) is 14.3. The highest BCUT2D eigenvalue weighted by molar-refractivity contribution is 5.65. The number of nitrogens with zero attached hydrogens (tertiary/aromatic N) is 6. The predicted octanol–water partition coefficient (Wildman–Crippen LogP) is 2.23. The van der Waals surface area contributed by atoms with Crippen LogP contribution in [0.25, 0.3) is 5.52 Å². The van der Waals surface area contributed by atoms with Crippen LogP contribution in [0.15, 0.2) is 36.9 Å². The average Bonchev–Trinajstić information content (AvgIpc) is 2.97. The van der Waals surface area contributed by atoms with Crippen molar-refractivity contribution in [3.05, 3.63) is 59.3 Å². The van der Waals surface area contributed by atoms with Crippen LogP contribution in [0.2, 0.25) is 0 Å². The lowest BCUT2D eigenvalue weighted by Crippen LogP contribution is -2.32. The third kappa shape index (κ3) is 2.73. The van der Waals surface area contributed by atoms with Gasteiger partial charge in [-0.25, -0.2) is 9.97 Å². The number of anilines is 1. The highest BCUT2D eigenvalue weighted by Crippen LogP contribution is 2.27. The first-order valence-corrected chi connectivity index (χ1v) is 8.38. The summed E-state index contributed by atoms with van der Waals surface area (Å²) in [6.07, 6.45) is 6.62. The third-order valence-electron chi connectivity index (χ3n) is 4.75. The van der Waals surface area contributed by atoms with Gasteiger partial charge in [0.1, 0.15) is 18.2 Å². The Bertz CT molecular complexity index is 966. The molecule has 0 aliphatic carbocycles. The Morgan fingerprint density at radius 2 is 2.16 bits per heavy atom. The predicted molar refractivity (Wildman–Crippen MR) is 96.3 cm³/mol. The number of aromatic nitrogens is 3. The van der Waals surface area contributed by atoms with Gasteiger partial charge in [0.05, 0.1) is 16.8 Å². The summed E-state index contributed by atoms with van der Waals surface area (Å²) in [5, 5.41) is 9.60. The molecule has 0 saturated carbocycles. The summed E-state index contributed by atoms with van der Waals surface area (Å²) in [5.41, 5.74) is 5.14. The molecule has 0 bridgehead atoms. The molecule has 25 heavy (non-hydrogen) atoms. The molecule has 0 unspecified atom stereocenters. The van der Waals surface area contributed by atoms with Crippen LogP contribution >= 0.6 is 0 Å². The number of rotatable bonds is 3. The molecule has 1 aliphatic heterocycles. The minimum Gasteiger partial charge on any atom is -0.362 e. The first-order chi connectivity index (χ1) is 12.2. The third-order valence-corrected chi connectivity index (χ3v) is 4.75. The van der Waals surface area contributed by atoms with Crippen molar-refractivity contribution in [3.63, 3.8) is 0 Å². The van der Waals surface area contributed by atoms with E-state index in [2.05, 4.69) is 27.1 Å². The lowest BCUT2D eigenvalue weighted by Gasteiger charge is -2.30. The van der Waals surface area contributed by atoms with Crippen LogP contribution in [0.1, 0.15) is 22.4 Å². The molecule has 4 rings (SSSR count). The topological polar surface area (TPSA) is 60.5 Å². The van der Waals surface area contributed by atoms with E-state index in [1.807, 2.05) is 47.8 Å². The number of hydrogen-bond acceptors (Lipinski definition) is 5. The molecule has 3 aromatic heterocycles. The second kappa shape index (κ2) is 6.19. The van der Waals surface area contributed by atoms with Crippen molar-refractivity contribution in [2.45, 2.75) is 19.5 Å². The van der Waals surface area contributed by atoms with Crippen LogP contribution in [0.4, 0.5) is 5.82 Å². The summed E-state index contributed by atoms with van der Waals surface area (Å²) in [6.45, 7) is 2.50. The molecule has 1 aliphatic rings. The van der Waals surface area contributed by atoms with Crippen LogP contribution in [-0.2, 0) is 19.5 Å². The lowest BCUT2D eigenvalue weighted by molar-refractivity contribution is 0.243. The van der Waals surface area contributed by atoms with Gasteiger partial charge < -0.3 is 9.30 Å². The van der Waals surface area contributed by atoms with E-state index in [0.29, 0.717) is 0 Å². The highest BCUT2D eigenvalue weighted by atomic mass is 15.2. The minimum atomic E-state index is 0.756. The fraction of sp³-hybridized carbons (Fsp3) is 0.316. The maximum Gasteiger partial charge on any atom is 0.136 e. The van der Waals surface area contributed by atoms with Crippen LogP contribution in [0, 0.1) is 11.3 Å². The van der Waals surface area contributed by atoms with E-state index in [4.69, 9.17) is 0 Å². The summed E-state index contributed by atoms with van der Waals surface area (Å²) < 4.78 is 2.03. The molecule has 4 heterocycles. The van der Waals surface area contributed by atoms with Gasteiger partial charge in [-0.05, 0) is 12.1 Å². The van der Waals surface area contributed by atoms with Gasteiger partial charge in [0, 0.05) is 63.7 Å². The Balaban J connectivity index is 1.65. The smallest absolute Gasteiger partial charge is 0.136 e. The zero-order valence-corrected chi connectivity index (χ0v) is 14.5. The van der Waals surface area contributed by atoms with Crippen molar-refractivity contribution >= 4 is 11.3 Å². The summed E-state index contributed by atoms with van der Waals surface area (Å²) in [6, 6.07) is 8.32. The molecule has 126 valence electrons. The molecule has 0 radical (unpaired) electrons. The SMILES string of the molecule is CN(C)c1ncnc2c1CN(Cc1cn3ccccc3c1C#N)CC2. The summed E-state index contributed by atoms with van der Waals surface area (Å²) in [4.78, 5) is 13.3. The zero-order valence-electron chi connectivity index (χ0n) is 14.5. The number of nitriles is 1. The van der Waals surface area contributed by atoms with E-state index >= 15 is 0 Å². The van der Waals surface area contributed by atoms with Crippen LogP contribution < -0.4 is 4.90 Å². The molecule has 6 heteroatoms. The number of fused-ring (bicyclic) bond motifs is 2. The first-order valence-electron chi connectivity index (χ1n) is 8.38. The second-order valence-corrected chi connectivity index (χ2v) is 6.61. The highest BCUT2D eigenvalue weighted by Gasteiger charge is 2.23. The number of pyridine rings is 1. The molecule has 3 aromatic rings. The van der Waals surface area contributed by atoms with E-state index < -0.39 is 0 Å². The van der Waals surface area contributed by atoms with Crippen LogP contribution in [0.5, 0.6) is 0 Å². The van der Waals surface area contributed by atoms with Crippen molar-refractivity contribution in [3.8, 4) is 6.07 Å². The van der Waals surface area contributed by atoms with Gasteiger partial charge in [0.2, 0.25) is 0 Å². The fourth-order valence-corrected chi connectivity index (χ4v) is 3.57. The average molecular weight is 332 g/mol. The van der Waals surface area contributed by atoms with E-state index in [1.54, 1.807) is 6.33 Å². The van der Waals surface area contributed by atoms with Crippen molar-refractivity contribution in [2.24, 2.45) is 0 Å². The zero-order chi connectivity index (χ0) is 17.4. The Kier molecular flexibility index (Phi) is 3.86. The first kappa shape index (κ1) is 15.6. The summed E-state index contributed by atoms with van der Waals surface area (Å²) in [5.74, 6) is 0.984. The van der Waals surface area contributed by atoms with Gasteiger partial charge in [-0.3, -0.25) is 4.90 Å². The largest absolute Gasteiger partial charge is 0.362 e. The second-order valence-electron chi connectivity index (χ2n) is 6.61. The maximum atomic E-state index is 9.60. The van der Waals surface area contributed by atoms with Crippen molar-refractivity contribution < 1.29 is 0 Å². The molecule has 0 saturated heterocycles. The van der Waals surface area contributed by atoms with Crippen molar-refractivity contribution in [1.82, 2.24) is 19.3 Å². The molecule has 6 nitrogen and oxygen atoms in total. The van der Waals surface area contributed by atoms with E-state index in [-0.39, 0.29) is 0 Å². The fourth-order valence-electron chi connectivity index (χ4n) is 3.57. The molecule has 0 spiro atoms. The molecule has 0 aromatic carbocycles. The Hall–Kier alpha value is -2.91. The molecule has 0 amide bonds. The summed E-state index contributed by atoms with van der Waals surface area (Å²) in [7, 11) is 4.02. The van der Waals surface area contributed by atoms with E-state index in [9.17, 15) is 5.26 Å². The standard InChI is InChI=1S/C19H20N6/c1-23(2)19-16-12-24(8-6-17(16)21-13-22-19)10-14-11-25-7-4-3-5-18(25)15(14)9-20/h3-5,7,11,13H,6,8,10,12H2,1-2H3. The lowest BCUT2D eigenvalue weighted by atomic mass is 10.0. The van der Waals surface area contributed by atoms with E-state index in [1.165, 1.54) is 5.56 Å². The minimum absolute atomic E-state index is 0.756. The van der Waals surface area contributed by atoms with Crippen molar-refractivity contribution in [1.29, 1.82) is 5.26 Å². The molecular weight excluding hydrogens is 312 g/mol. The van der Waals surface area contributed by atoms with Crippen LogP contribution in [0.3, 0.4) is 0 Å². The monoisotopic (exact) mass is 332 g/mol. The van der Waals surface area contributed by atoms with Gasteiger partial charge >= 0.3 is 0 Å². The Morgan fingerprint density at radius 3 is 2.96 bits per heavy atom. The number of hydrogen-bond donors (Lipinski definition) is 0. The molecule has 0 N–H and O–H groups in total. The quantitative estimate of drug-likeness (QED) is 0.736. The van der Waals surface area contributed by atoms with Crippen molar-refractivity contribution in [2.75, 3.05) is 25.5 Å². The Labute approximate surface area is 147 Å². The molecular formula is C19H20N6. The van der Waals surface area contributed by atoms with E-state index in [0.717, 1.165) is 54.2 Å². The van der Waals surface area contributed by atoms with Gasteiger partial charge in [-0.15, -0.1) is 0 Å². The Morgan fingerprint density at radius 1 is 1.28 bits per heavy atom. The van der Waals surface area contributed by atoms with Gasteiger partial charge in [-0.1, -0.05) is 6.07 Å². The van der Waals surface area contributed by atoms with Gasteiger partial charge in [0.25, 0.3) is 0 Å². The van der Waals surface area contributed by atoms with Crippen LogP contribution in [-0.4, -0.2) is 39.9 Å². The van der Waals surface area contributed by atoms with Gasteiger partial charge in [0.15, 0.2) is 0 Å². The maximum absolute atomic E-state index is 9.60. The molecule has 0 fully saturated rings.